The van der Waals surface area contributed by atoms with Gasteiger partial charge < -0.3 is 5.32 Å². The topological polar surface area (TPSA) is 12.0 Å². The van der Waals surface area contributed by atoms with Crippen LogP contribution in [0, 0.1) is 0 Å². The second-order valence-electron chi connectivity index (χ2n) is 2.10. The lowest BCUT2D eigenvalue weighted by atomic mass is 10.2. The molecule has 0 amide bonds. The van der Waals surface area contributed by atoms with E-state index in [4.69, 9.17) is 0 Å². The van der Waals surface area contributed by atoms with Crippen molar-refractivity contribution < 1.29 is 0 Å². The predicted molar refractivity (Wildman–Crippen MR) is 42.3 cm³/mol. The molecule has 0 unspecified atom stereocenters. The standard InChI is InChI=1S/C8H17N/c1-3-5-6-7-8-9-4-2/h7-9H,3-6H2,1-2H3/b8-7+. The molecule has 0 aromatic carbocycles. The van der Waals surface area contributed by atoms with E-state index in [0.29, 0.717) is 0 Å². The summed E-state index contributed by atoms with van der Waals surface area (Å²) in [5.41, 5.74) is 0. The molecule has 0 spiro atoms. The van der Waals surface area contributed by atoms with Gasteiger partial charge in [-0.15, -0.1) is 0 Å². The number of allylic oxidation sites excluding steroid dienone is 1. The molecule has 0 aromatic heterocycles. The molecule has 0 radical (unpaired) electrons. The molecule has 1 nitrogen and oxygen atoms in total. The molecule has 0 aliphatic heterocycles. The maximum atomic E-state index is 3.13. The van der Waals surface area contributed by atoms with E-state index >= 15 is 0 Å². The van der Waals surface area contributed by atoms with Crippen LogP contribution < -0.4 is 5.32 Å². The first-order valence-corrected chi connectivity index (χ1v) is 3.80. The summed E-state index contributed by atoms with van der Waals surface area (Å²) in [6, 6.07) is 0. The Hall–Kier alpha value is -0.460. The molecule has 0 aromatic rings. The summed E-state index contributed by atoms with van der Waals surface area (Å²) in [6.45, 7) is 5.34. The van der Waals surface area contributed by atoms with Crippen molar-refractivity contribution in [3.05, 3.63) is 12.3 Å². The zero-order chi connectivity index (χ0) is 6.95. The molecule has 0 saturated heterocycles. The first kappa shape index (κ1) is 8.54. The Kier molecular flexibility index (Phi) is 7.15. The van der Waals surface area contributed by atoms with Gasteiger partial charge in [0.15, 0.2) is 0 Å². The van der Waals surface area contributed by atoms with Gasteiger partial charge in [0.1, 0.15) is 0 Å². The van der Waals surface area contributed by atoms with Crippen LogP contribution in [0.5, 0.6) is 0 Å². The van der Waals surface area contributed by atoms with Crippen molar-refractivity contribution in [3.63, 3.8) is 0 Å². The number of unbranched alkanes of at least 4 members (excludes halogenated alkanes) is 2. The minimum absolute atomic E-state index is 1.03. The maximum absolute atomic E-state index is 3.13. The first-order valence-electron chi connectivity index (χ1n) is 3.80. The fourth-order valence-corrected chi connectivity index (χ4v) is 0.606. The molecule has 0 aliphatic rings. The monoisotopic (exact) mass is 127 g/mol. The maximum Gasteiger partial charge on any atom is 0.0112 e. The van der Waals surface area contributed by atoms with Gasteiger partial charge in [0, 0.05) is 6.54 Å². The summed E-state index contributed by atoms with van der Waals surface area (Å²) < 4.78 is 0. The number of nitrogens with one attached hydrogen (secondary N) is 1. The van der Waals surface area contributed by atoms with E-state index in [-0.39, 0.29) is 0 Å². The van der Waals surface area contributed by atoms with Gasteiger partial charge >= 0.3 is 0 Å². The van der Waals surface area contributed by atoms with Crippen molar-refractivity contribution in [1.29, 1.82) is 0 Å². The minimum Gasteiger partial charge on any atom is -0.391 e. The highest BCUT2D eigenvalue weighted by Gasteiger charge is 1.75. The molecule has 0 bridgehead atoms. The van der Waals surface area contributed by atoms with Crippen LogP contribution in [0.4, 0.5) is 0 Å². The molecule has 0 saturated carbocycles. The van der Waals surface area contributed by atoms with E-state index in [9.17, 15) is 0 Å². The molecule has 1 N–H and O–H groups in total. The highest BCUT2D eigenvalue weighted by atomic mass is 14.8. The zero-order valence-electron chi connectivity index (χ0n) is 6.48. The van der Waals surface area contributed by atoms with Gasteiger partial charge in [0.25, 0.3) is 0 Å². The third-order valence-corrected chi connectivity index (χ3v) is 1.16. The summed E-state index contributed by atoms with van der Waals surface area (Å²) >= 11 is 0. The van der Waals surface area contributed by atoms with Gasteiger partial charge in [-0.3, -0.25) is 0 Å². The normalized spacial score (nSPS) is 10.4. The van der Waals surface area contributed by atoms with Gasteiger partial charge in [0.2, 0.25) is 0 Å². The molecule has 0 aliphatic carbocycles. The van der Waals surface area contributed by atoms with Crippen LogP contribution in [0.1, 0.15) is 33.1 Å². The Bertz CT molecular complexity index is 67.0. The van der Waals surface area contributed by atoms with Crippen LogP contribution in [-0.2, 0) is 0 Å². The van der Waals surface area contributed by atoms with E-state index in [1.54, 1.807) is 0 Å². The molecule has 9 heavy (non-hydrogen) atoms. The lowest BCUT2D eigenvalue weighted by molar-refractivity contribution is 0.806. The van der Waals surface area contributed by atoms with Crippen LogP contribution in [0.3, 0.4) is 0 Å². The Morgan fingerprint density at radius 3 is 2.67 bits per heavy atom. The first-order chi connectivity index (χ1) is 4.41. The smallest absolute Gasteiger partial charge is 0.0112 e. The third-order valence-electron chi connectivity index (χ3n) is 1.16. The number of hydrogen-bond acceptors (Lipinski definition) is 1. The molecular weight excluding hydrogens is 110 g/mol. The molecule has 0 atom stereocenters. The quantitative estimate of drug-likeness (QED) is 0.559. The summed E-state index contributed by atoms with van der Waals surface area (Å²) in [5, 5.41) is 3.13. The van der Waals surface area contributed by atoms with Crippen LogP contribution in [0.2, 0.25) is 0 Å². The van der Waals surface area contributed by atoms with Gasteiger partial charge in [0.05, 0.1) is 0 Å². The van der Waals surface area contributed by atoms with E-state index in [1.807, 2.05) is 6.20 Å². The summed E-state index contributed by atoms with van der Waals surface area (Å²) in [4.78, 5) is 0. The van der Waals surface area contributed by atoms with E-state index in [1.165, 1.54) is 19.3 Å². The largest absolute Gasteiger partial charge is 0.391 e. The zero-order valence-corrected chi connectivity index (χ0v) is 6.48. The van der Waals surface area contributed by atoms with E-state index in [0.717, 1.165) is 6.54 Å². The fraction of sp³-hybridized carbons (Fsp3) is 0.750. The third kappa shape index (κ3) is 7.54. The Morgan fingerprint density at radius 2 is 2.11 bits per heavy atom. The average Bonchev–Trinajstić information content (AvgIpc) is 1.89. The fourth-order valence-electron chi connectivity index (χ4n) is 0.606. The van der Waals surface area contributed by atoms with E-state index < -0.39 is 0 Å². The molecule has 0 heterocycles. The van der Waals surface area contributed by atoms with Gasteiger partial charge in [-0.2, -0.15) is 0 Å². The molecule has 1 heteroatoms. The predicted octanol–water partition coefficient (Wildman–Crippen LogP) is 2.30. The van der Waals surface area contributed by atoms with E-state index in [2.05, 4.69) is 25.2 Å². The summed E-state index contributed by atoms with van der Waals surface area (Å²) in [5.74, 6) is 0. The van der Waals surface area contributed by atoms with Crippen molar-refractivity contribution in [2.75, 3.05) is 6.54 Å². The van der Waals surface area contributed by atoms with Crippen molar-refractivity contribution in [1.82, 2.24) is 5.32 Å². The SMILES string of the molecule is CCCC/C=C/NCC. The Morgan fingerprint density at radius 1 is 1.33 bits per heavy atom. The highest BCUT2D eigenvalue weighted by molar-refractivity contribution is 4.78. The van der Waals surface area contributed by atoms with Crippen molar-refractivity contribution in [2.45, 2.75) is 33.1 Å². The lowest BCUT2D eigenvalue weighted by Crippen LogP contribution is -2.00. The minimum atomic E-state index is 1.03. The molecular formula is C8H17N. The molecule has 54 valence electrons. The summed E-state index contributed by atoms with van der Waals surface area (Å²) in [6.07, 6.45) is 8.03. The van der Waals surface area contributed by atoms with Crippen LogP contribution >= 0.6 is 0 Å². The number of hydrogen-bond donors (Lipinski definition) is 1. The van der Waals surface area contributed by atoms with Crippen LogP contribution in [-0.4, -0.2) is 6.54 Å². The van der Waals surface area contributed by atoms with Gasteiger partial charge in [-0.25, -0.2) is 0 Å². The number of rotatable bonds is 5. The average molecular weight is 127 g/mol. The van der Waals surface area contributed by atoms with Gasteiger partial charge in [-0.1, -0.05) is 25.8 Å². The highest BCUT2D eigenvalue weighted by Crippen LogP contribution is 1.93. The van der Waals surface area contributed by atoms with Crippen molar-refractivity contribution in [3.8, 4) is 0 Å². The van der Waals surface area contributed by atoms with Crippen LogP contribution in [0.15, 0.2) is 12.3 Å². The second-order valence-corrected chi connectivity index (χ2v) is 2.10. The van der Waals surface area contributed by atoms with Crippen molar-refractivity contribution >= 4 is 0 Å². The Labute approximate surface area is 58.2 Å². The Balaban J connectivity index is 2.86. The molecule has 0 fully saturated rings. The van der Waals surface area contributed by atoms with Gasteiger partial charge in [-0.05, 0) is 19.5 Å². The van der Waals surface area contributed by atoms with Crippen molar-refractivity contribution in [2.24, 2.45) is 0 Å². The lowest BCUT2D eigenvalue weighted by Gasteiger charge is -1.91. The van der Waals surface area contributed by atoms with Crippen LogP contribution in [0.25, 0.3) is 0 Å². The molecule has 0 rings (SSSR count). The second kappa shape index (κ2) is 7.54. The summed E-state index contributed by atoms with van der Waals surface area (Å²) in [7, 11) is 0.